The summed E-state index contributed by atoms with van der Waals surface area (Å²) >= 11 is 0. The van der Waals surface area contributed by atoms with Gasteiger partial charge in [-0.05, 0) is 0 Å². The van der Waals surface area contributed by atoms with E-state index < -0.39 is 59.9 Å². The molecule has 0 aliphatic heterocycles. The quantitative estimate of drug-likeness (QED) is 0.421. The molecular weight excluding hydrogens is 331 g/mol. The molecule has 0 radical (unpaired) electrons. The summed E-state index contributed by atoms with van der Waals surface area (Å²) in [6, 6.07) is 0. The van der Waals surface area contributed by atoms with Gasteiger partial charge >= 0.3 is 23.8 Å². The number of methoxy groups -OCH3 is 1. The van der Waals surface area contributed by atoms with Crippen LogP contribution in [-0.2, 0) is 16.0 Å². The number of carboxylic acids is 1. The van der Waals surface area contributed by atoms with Crippen LogP contribution in [0.1, 0.15) is 21.0 Å². The number of carboxylic acid groups (broad SMARTS) is 1. The predicted octanol–water partition coefficient (Wildman–Crippen LogP) is 0.746. The highest BCUT2D eigenvalue weighted by Gasteiger charge is 2.39. The van der Waals surface area contributed by atoms with Gasteiger partial charge in [-0.2, -0.15) is 18.3 Å². The highest BCUT2D eigenvalue weighted by atomic mass is 19.4. The van der Waals surface area contributed by atoms with Crippen LogP contribution in [0.25, 0.3) is 0 Å². The zero-order valence-corrected chi connectivity index (χ0v) is 11.5. The van der Waals surface area contributed by atoms with E-state index in [1.54, 1.807) is 0 Å². The van der Waals surface area contributed by atoms with Gasteiger partial charge in [0, 0.05) is 0 Å². The third-order valence-corrected chi connectivity index (χ3v) is 2.41. The van der Waals surface area contributed by atoms with Crippen LogP contribution in [0.4, 0.5) is 18.9 Å². The van der Waals surface area contributed by atoms with Crippen molar-refractivity contribution in [1.82, 2.24) is 9.78 Å². The molecule has 0 saturated heterocycles. The Morgan fingerprint density at radius 1 is 1.39 bits per heavy atom. The van der Waals surface area contributed by atoms with Crippen LogP contribution >= 0.6 is 0 Å². The van der Waals surface area contributed by atoms with Crippen molar-refractivity contribution in [3.63, 3.8) is 0 Å². The van der Waals surface area contributed by atoms with Gasteiger partial charge in [0.05, 0.1) is 25.2 Å². The summed E-state index contributed by atoms with van der Waals surface area (Å²) < 4.78 is 44.9. The van der Waals surface area contributed by atoms with Crippen LogP contribution in [0.2, 0.25) is 0 Å². The third-order valence-electron chi connectivity index (χ3n) is 2.41. The average Bonchev–Trinajstić information content (AvgIpc) is 2.81. The van der Waals surface area contributed by atoms with E-state index in [0.717, 1.165) is 7.11 Å². The first-order valence-electron chi connectivity index (χ1n) is 5.81. The standard InChI is InChI=1S/C10H10F3N3O7/c1-22-9(19)5-6(16(20)21)7(8(17)18)15(14-5)2-3-23-4-10(11,12)13/h2-4H2,1H3,(H-,17,18,20,21)/p+1. The normalized spacial score (nSPS) is 11.3. The molecule has 128 valence electrons. The Balaban J connectivity index is 3.09. The van der Waals surface area contributed by atoms with Crippen molar-refractivity contribution in [2.45, 2.75) is 12.7 Å². The number of aromatic carboxylic acids is 1. The molecule has 10 nitrogen and oxygen atoms in total. The molecule has 0 spiro atoms. The van der Waals surface area contributed by atoms with Gasteiger partial charge in [0.2, 0.25) is 5.69 Å². The number of carbonyl (C=O) groups is 2. The van der Waals surface area contributed by atoms with Crippen molar-refractivity contribution >= 4 is 17.6 Å². The van der Waals surface area contributed by atoms with Gasteiger partial charge in [0.15, 0.2) is 0 Å². The lowest BCUT2D eigenvalue weighted by Crippen LogP contribution is -2.20. The lowest BCUT2D eigenvalue weighted by molar-refractivity contribution is -0.730. The number of alkyl halides is 3. The van der Waals surface area contributed by atoms with E-state index >= 15 is 0 Å². The monoisotopic (exact) mass is 342 g/mol. The van der Waals surface area contributed by atoms with E-state index in [2.05, 4.69) is 14.6 Å². The number of halogens is 3. The molecule has 0 bridgehead atoms. The van der Waals surface area contributed by atoms with Gasteiger partial charge in [-0.1, -0.05) is 0 Å². The molecule has 0 fully saturated rings. The Labute approximate surface area is 125 Å². The molecule has 2 N–H and O–H groups in total. The summed E-state index contributed by atoms with van der Waals surface area (Å²) in [7, 11) is 0.921. The Kier molecular flexibility index (Phi) is 5.62. The molecule has 1 rings (SSSR count). The summed E-state index contributed by atoms with van der Waals surface area (Å²) in [6.07, 6.45) is -4.57. The van der Waals surface area contributed by atoms with Crippen LogP contribution in [-0.4, -0.2) is 63.5 Å². The van der Waals surface area contributed by atoms with Crippen LogP contribution in [0, 0.1) is 4.91 Å². The Morgan fingerprint density at radius 3 is 2.43 bits per heavy atom. The van der Waals surface area contributed by atoms with E-state index in [1.807, 2.05) is 0 Å². The van der Waals surface area contributed by atoms with E-state index in [0.29, 0.717) is 4.68 Å². The van der Waals surface area contributed by atoms with E-state index in [9.17, 15) is 27.7 Å². The summed E-state index contributed by atoms with van der Waals surface area (Å²) in [5.41, 5.74) is -2.71. The first kappa shape index (κ1) is 18.3. The van der Waals surface area contributed by atoms with Crippen LogP contribution in [0.5, 0.6) is 0 Å². The average molecular weight is 342 g/mol. The predicted molar refractivity (Wildman–Crippen MR) is 62.5 cm³/mol. The second kappa shape index (κ2) is 7.04. The van der Waals surface area contributed by atoms with Crippen molar-refractivity contribution in [1.29, 1.82) is 0 Å². The molecule has 1 heterocycles. The maximum atomic E-state index is 11.9. The molecule has 1 aromatic heterocycles. The minimum absolute atomic E-state index is 0.518. The highest BCUT2D eigenvalue weighted by Crippen LogP contribution is 2.24. The first-order valence-corrected chi connectivity index (χ1v) is 5.81. The van der Waals surface area contributed by atoms with Gasteiger partial charge in [-0.15, -0.1) is 0 Å². The van der Waals surface area contributed by atoms with Crippen molar-refractivity contribution in [2.75, 3.05) is 20.3 Å². The number of hydrogen-bond acceptors (Lipinski definition) is 6. The number of nitrogens with zero attached hydrogens (tertiary/aromatic N) is 3. The molecule has 0 saturated carbocycles. The SMILES string of the molecule is COC(=O)c1nn(CCOCC(F)(F)F)c(C(=O)O)c1[N+](=O)O. The van der Waals surface area contributed by atoms with Crippen LogP contribution < -0.4 is 0 Å². The number of aromatic nitrogens is 2. The lowest BCUT2D eigenvalue weighted by Gasteiger charge is -2.08. The maximum Gasteiger partial charge on any atom is 0.411 e. The minimum atomic E-state index is -4.57. The minimum Gasteiger partial charge on any atom is -0.476 e. The van der Waals surface area contributed by atoms with Gasteiger partial charge in [0.1, 0.15) is 6.61 Å². The Hall–Kier alpha value is -2.70. The van der Waals surface area contributed by atoms with Crippen molar-refractivity contribution in [3.05, 3.63) is 16.3 Å². The number of ether oxygens (including phenoxy) is 2. The molecule has 0 aromatic carbocycles. The van der Waals surface area contributed by atoms with Crippen molar-refractivity contribution in [2.24, 2.45) is 0 Å². The van der Waals surface area contributed by atoms with Crippen LogP contribution in [0.15, 0.2) is 0 Å². The van der Waals surface area contributed by atoms with Gasteiger partial charge < -0.3 is 14.6 Å². The molecule has 0 atom stereocenters. The summed E-state index contributed by atoms with van der Waals surface area (Å²) in [5.74, 6) is -2.96. The fourth-order valence-electron chi connectivity index (χ4n) is 1.58. The number of carbonyl (C=O) groups excluding carboxylic acids is 1. The third kappa shape index (κ3) is 4.64. The smallest absolute Gasteiger partial charge is 0.411 e. The second-order valence-corrected chi connectivity index (χ2v) is 4.01. The fourth-order valence-corrected chi connectivity index (χ4v) is 1.58. The van der Waals surface area contributed by atoms with Gasteiger partial charge in [0.25, 0.3) is 10.6 Å². The summed E-state index contributed by atoms with van der Waals surface area (Å²) in [5, 5.41) is 21.4. The molecule has 0 unspecified atom stereocenters. The highest BCUT2D eigenvalue weighted by molar-refractivity contribution is 5.99. The van der Waals surface area contributed by atoms with Crippen molar-refractivity contribution < 1.29 is 47.5 Å². The first-order chi connectivity index (χ1) is 10.6. The van der Waals surface area contributed by atoms with E-state index in [4.69, 9.17) is 10.3 Å². The number of hydrogen-bond donors (Lipinski definition) is 2. The van der Waals surface area contributed by atoms with Gasteiger partial charge in [-0.25, -0.2) is 19.5 Å². The van der Waals surface area contributed by atoms with E-state index in [-0.39, 0.29) is 0 Å². The molecule has 0 amide bonds. The Bertz CT molecular complexity index is 626. The van der Waals surface area contributed by atoms with E-state index in [1.165, 1.54) is 0 Å². The topological polar surface area (TPSA) is 131 Å². The second-order valence-electron chi connectivity index (χ2n) is 4.01. The number of rotatable bonds is 7. The largest absolute Gasteiger partial charge is 0.476 e. The molecule has 0 aliphatic carbocycles. The summed E-state index contributed by atoms with van der Waals surface area (Å²) in [6.45, 7) is -2.69. The van der Waals surface area contributed by atoms with Gasteiger partial charge in [-0.3, -0.25) is 0 Å². The summed E-state index contributed by atoms with van der Waals surface area (Å²) in [4.78, 5) is 32.8. The molecule has 23 heavy (non-hydrogen) atoms. The zero-order valence-electron chi connectivity index (χ0n) is 11.5. The maximum absolute atomic E-state index is 11.9. The molecule has 13 heteroatoms. The lowest BCUT2D eigenvalue weighted by atomic mass is 10.3. The van der Waals surface area contributed by atoms with Crippen LogP contribution in [0.3, 0.4) is 0 Å². The molecular formula is C10H11F3N3O7+. The fraction of sp³-hybridized carbons (Fsp3) is 0.500. The molecule has 0 aliphatic rings. The molecule has 1 aromatic rings. The van der Waals surface area contributed by atoms with Crippen molar-refractivity contribution in [3.8, 4) is 0 Å². The Morgan fingerprint density at radius 2 is 2.00 bits per heavy atom. The zero-order chi connectivity index (χ0) is 17.8. The number of esters is 1.